The molecule has 3 rings (SSSR count). The van der Waals surface area contributed by atoms with Gasteiger partial charge < -0.3 is 23.4 Å². The van der Waals surface area contributed by atoms with Crippen LogP contribution >= 0.6 is 0 Å². The van der Waals surface area contributed by atoms with Crippen molar-refractivity contribution in [3.8, 4) is 5.75 Å². The average molecular weight is 692 g/mol. The van der Waals surface area contributed by atoms with Crippen LogP contribution in [0.2, 0.25) is 18.1 Å². The highest BCUT2D eigenvalue weighted by Crippen LogP contribution is 2.38. The van der Waals surface area contributed by atoms with Crippen LogP contribution in [0.25, 0.3) is 10.4 Å². The molecule has 2 heterocycles. The molecule has 1 amide bonds. The summed E-state index contributed by atoms with van der Waals surface area (Å²) in [7, 11) is -0.506. The summed E-state index contributed by atoms with van der Waals surface area (Å²) < 4.78 is 30.4. The van der Waals surface area contributed by atoms with Gasteiger partial charge in [0.1, 0.15) is 11.9 Å². The summed E-state index contributed by atoms with van der Waals surface area (Å²) in [6, 6.07) is 7.14. The number of amides is 1. The summed E-state index contributed by atoms with van der Waals surface area (Å²) >= 11 is 0. The molecule has 0 aliphatic carbocycles. The van der Waals surface area contributed by atoms with Gasteiger partial charge in [0.2, 0.25) is 0 Å². The van der Waals surface area contributed by atoms with Gasteiger partial charge in [-0.05, 0) is 86.0 Å². The molecule has 0 unspecified atom stereocenters. The number of hydrogen-bond acceptors (Lipinski definition) is 7. The van der Waals surface area contributed by atoms with Crippen LogP contribution in [0.1, 0.15) is 72.3 Å². The average Bonchev–Trinajstić information content (AvgIpc) is 3.00. The maximum absolute atomic E-state index is 13.2. The van der Waals surface area contributed by atoms with Gasteiger partial charge in [-0.3, -0.25) is 4.79 Å². The van der Waals surface area contributed by atoms with Crippen molar-refractivity contribution in [3.63, 3.8) is 0 Å². The van der Waals surface area contributed by atoms with Crippen molar-refractivity contribution in [1.82, 2.24) is 0 Å². The van der Waals surface area contributed by atoms with E-state index in [9.17, 15) is 9.59 Å². The first-order valence-electron chi connectivity index (χ1n) is 16.8. The molecular weight excluding hydrogens is 639 g/mol. The Morgan fingerprint density at radius 2 is 1.84 bits per heavy atom. The molecule has 1 fully saturated rings. The lowest BCUT2D eigenvalue weighted by atomic mass is 9.95. The Labute approximate surface area is 292 Å². The van der Waals surface area contributed by atoms with Gasteiger partial charge in [0, 0.05) is 17.4 Å². The number of nitrogens with zero attached hydrogens (tertiary/aromatic N) is 3. The van der Waals surface area contributed by atoms with Crippen LogP contribution in [0.3, 0.4) is 0 Å². The van der Waals surface area contributed by atoms with Crippen LogP contribution in [0.5, 0.6) is 5.75 Å². The number of hydrogen-bond donors (Lipinski definition) is 0. The quantitative estimate of drug-likeness (QED) is 0.0664. The van der Waals surface area contributed by atoms with E-state index in [1.807, 2.05) is 26.0 Å². The summed E-state index contributed by atoms with van der Waals surface area (Å²) in [6.07, 6.45) is 11.1. The van der Waals surface area contributed by atoms with E-state index in [2.05, 4.69) is 62.6 Å². The first-order chi connectivity index (χ1) is 23.1. The Kier molecular flexibility index (Phi) is 14.8. The number of rotatable bonds is 8. The fourth-order valence-corrected chi connectivity index (χ4v) is 6.75. The Hall–Kier alpha value is -3.73. The van der Waals surface area contributed by atoms with E-state index in [1.165, 1.54) is 6.08 Å². The maximum Gasteiger partial charge on any atom is 0.331 e. The molecule has 10 nitrogen and oxygen atoms in total. The molecule has 0 saturated carbocycles. The van der Waals surface area contributed by atoms with Crippen LogP contribution in [0.15, 0.2) is 89.1 Å². The van der Waals surface area contributed by atoms with E-state index < -0.39 is 32.4 Å². The van der Waals surface area contributed by atoms with E-state index >= 15 is 0 Å². The van der Waals surface area contributed by atoms with E-state index in [0.29, 0.717) is 25.0 Å². The van der Waals surface area contributed by atoms with Gasteiger partial charge in [-0.2, -0.15) is 0 Å². The van der Waals surface area contributed by atoms with Gasteiger partial charge in [0.25, 0.3) is 5.91 Å². The monoisotopic (exact) mass is 691 g/mol. The van der Waals surface area contributed by atoms with Crippen molar-refractivity contribution >= 4 is 20.2 Å². The molecule has 1 aromatic rings. The second-order valence-corrected chi connectivity index (χ2v) is 19.2. The standard InChI is InChI=1S/C38H53N3O7Si/c1-26-12-10-15-35(42)47-34(36(37(43)40-41-39)45-25-29-16-18-30(44-7)19-17-29)24-28(3)23-33-22-27(2)21-31(46-33)13-11-14-32(20-26)48-49(8,9)38(4,5)6/h10-12,14-19,23,31-34,36H,2,13,20-22,24-25H2,1,3-9H3/b14-11+,15-10+,26-12-,28-23+/t31-,32+,33-,34-,36+/m1/s1. The van der Waals surface area contributed by atoms with E-state index in [4.69, 9.17) is 28.9 Å². The lowest BCUT2D eigenvalue weighted by Crippen LogP contribution is -2.43. The molecule has 0 radical (unpaired) electrons. The molecule has 2 aliphatic rings. The van der Waals surface area contributed by atoms with Gasteiger partial charge >= 0.3 is 5.97 Å². The largest absolute Gasteiger partial charge is 0.497 e. The number of azide groups is 1. The fraction of sp³-hybridized carbons (Fsp3) is 0.526. The minimum absolute atomic E-state index is 0.00874. The first-order valence-corrected chi connectivity index (χ1v) is 19.7. The minimum atomic E-state index is -2.08. The van der Waals surface area contributed by atoms with Crippen LogP contribution in [0.4, 0.5) is 0 Å². The number of carbonyl (C=O) groups excluding carboxylic acids is 2. The Balaban J connectivity index is 1.96. The normalized spacial score (nSPS) is 27.0. The zero-order valence-corrected chi connectivity index (χ0v) is 31.3. The highest BCUT2D eigenvalue weighted by atomic mass is 28.4. The van der Waals surface area contributed by atoms with Gasteiger partial charge in [-0.25, -0.2) is 4.79 Å². The van der Waals surface area contributed by atoms with Gasteiger partial charge in [0.05, 0.1) is 32.0 Å². The van der Waals surface area contributed by atoms with Crippen molar-refractivity contribution < 1.29 is 33.0 Å². The molecule has 2 bridgehead atoms. The number of benzene rings is 1. The molecule has 1 saturated heterocycles. The molecule has 2 aliphatic heterocycles. The maximum atomic E-state index is 13.2. The van der Waals surface area contributed by atoms with Crippen molar-refractivity contribution in [2.45, 2.75) is 122 Å². The predicted octanol–water partition coefficient (Wildman–Crippen LogP) is 9.01. The van der Waals surface area contributed by atoms with Crippen molar-refractivity contribution in [3.05, 3.63) is 100 Å². The van der Waals surface area contributed by atoms with E-state index in [1.54, 1.807) is 37.5 Å². The number of allylic oxidation sites excluding steroid dienone is 2. The zero-order valence-electron chi connectivity index (χ0n) is 30.3. The molecule has 0 N–H and O–H groups in total. The van der Waals surface area contributed by atoms with Crippen molar-refractivity contribution in [2.75, 3.05) is 7.11 Å². The third kappa shape index (κ3) is 12.9. The number of carbonyl (C=O) groups is 2. The SMILES string of the molecule is C=C1C[C@H]2C/C=C/[C@H](O[Si](C)(C)C(C)(C)C)C/C(C)=C\C=C\C(=O)O[C@@H]([C@H](OCc3ccc(OC)cc3)C(=O)N=[N+]=[N-])C/C(C)=C/[C@@H](C1)O2. The van der Waals surface area contributed by atoms with Gasteiger partial charge in [-0.1, -0.05) is 86.6 Å². The van der Waals surface area contributed by atoms with Crippen molar-refractivity contribution in [2.24, 2.45) is 5.11 Å². The Morgan fingerprint density at radius 3 is 2.49 bits per heavy atom. The molecule has 49 heavy (non-hydrogen) atoms. The fourth-order valence-electron chi connectivity index (χ4n) is 5.48. The summed E-state index contributed by atoms with van der Waals surface area (Å²) in [4.78, 5) is 29.0. The number of ether oxygens (including phenoxy) is 4. The summed E-state index contributed by atoms with van der Waals surface area (Å²) in [5, 5.41) is 3.36. The third-order valence-corrected chi connectivity index (χ3v) is 13.6. The molecule has 266 valence electrons. The van der Waals surface area contributed by atoms with Gasteiger partial charge in [-0.15, -0.1) is 0 Å². The number of methoxy groups -OCH3 is 1. The zero-order chi connectivity index (χ0) is 36.2. The highest BCUT2D eigenvalue weighted by Gasteiger charge is 2.39. The smallest absolute Gasteiger partial charge is 0.331 e. The number of cyclic esters (lactones) is 1. The molecule has 11 heteroatoms. The summed E-state index contributed by atoms with van der Waals surface area (Å²) in [6.45, 7) is 19.3. The first kappa shape index (κ1) is 39.7. The predicted molar refractivity (Wildman–Crippen MR) is 194 cm³/mol. The molecular formula is C38H53N3O7Si. The topological polar surface area (TPSA) is 129 Å². The summed E-state index contributed by atoms with van der Waals surface area (Å²) in [5.41, 5.74) is 12.8. The van der Waals surface area contributed by atoms with Crippen LogP contribution in [-0.2, 0) is 34.8 Å². The van der Waals surface area contributed by atoms with Crippen molar-refractivity contribution in [1.29, 1.82) is 0 Å². The molecule has 0 aromatic heterocycles. The Bertz CT molecular complexity index is 1480. The minimum Gasteiger partial charge on any atom is -0.497 e. The third-order valence-electron chi connectivity index (χ3n) is 9.09. The second kappa shape index (κ2) is 18.3. The lowest BCUT2D eigenvalue weighted by Gasteiger charge is -2.39. The van der Waals surface area contributed by atoms with Crippen LogP contribution < -0.4 is 4.74 Å². The van der Waals surface area contributed by atoms with E-state index in [-0.39, 0.29) is 36.4 Å². The highest BCUT2D eigenvalue weighted by molar-refractivity contribution is 6.74. The number of fused-ring (bicyclic) bond motifs is 2. The van der Waals surface area contributed by atoms with Crippen LogP contribution in [0, 0.1) is 0 Å². The molecule has 1 aromatic carbocycles. The molecule has 5 atom stereocenters. The van der Waals surface area contributed by atoms with Gasteiger partial charge in [0.15, 0.2) is 14.4 Å². The summed E-state index contributed by atoms with van der Waals surface area (Å²) in [5.74, 6) is -0.874. The van der Waals surface area contributed by atoms with E-state index in [0.717, 1.165) is 28.7 Å². The number of esters is 1. The second-order valence-electron chi connectivity index (χ2n) is 14.4. The molecule has 0 spiro atoms. The lowest BCUT2D eigenvalue weighted by molar-refractivity contribution is -0.157. The van der Waals surface area contributed by atoms with Crippen LogP contribution in [-0.4, -0.2) is 57.8 Å². The Morgan fingerprint density at radius 1 is 1.12 bits per heavy atom.